The molecule has 12 nitrogen and oxygen atoms in total. The Morgan fingerprint density at radius 1 is 1.00 bits per heavy atom. The molecule has 0 spiro atoms. The molecule has 18 heteroatoms. The Morgan fingerprint density at radius 3 is 2.23 bits per heavy atom. The fourth-order valence-corrected chi connectivity index (χ4v) is 5.34. The van der Waals surface area contributed by atoms with E-state index in [-0.39, 0.29) is 42.8 Å². The minimum Gasteiger partial charge on any atom is -0.494 e. The topological polar surface area (TPSA) is 167 Å². The summed E-state index contributed by atoms with van der Waals surface area (Å²) in [6.07, 6.45) is -11.9. The zero-order chi connectivity index (χ0) is 39.0. The Balaban J connectivity index is 1.76. The molecule has 1 heterocycles. The molecule has 1 aliphatic heterocycles. The molecule has 0 unspecified atom stereocenters. The third kappa shape index (κ3) is 10.6. The SMILES string of the molecule is CC(C)(C)OC(=O)CC[C@]1(C(=O)NNCc2cc(C(F)(F)F)cc(C(F)(F)F)c2)N=C(c2ccc(OCCCO)cc2)O[C@H]1c1ccccc1N=[N+]=[N-]. The van der Waals surface area contributed by atoms with E-state index < -0.39 is 71.1 Å². The van der Waals surface area contributed by atoms with Crippen molar-refractivity contribution in [2.24, 2.45) is 10.1 Å². The summed E-state index contributed by atoms with van der Waals surface area (Å²) in [6, 6.07) is 13.5. The van der Waals surface area contributed by atoms with Gasteiger partial charge >= 0.3 is 18.3 Å². The van der Waals surface area contributed by atoms with Crippen LogP contribution in [0.4, 0.5) is 32.0 Å². The number of hydrazine groups is 1. The van der Waals surface area contributed by atoms with Crippen LogP contribution in [0.5, 0.6) is 5.75 Å². The standard InChI is InChI=1S/C35H36F6N6O6/c1-32(2,3)53-28(49)13-14-33(31(50)46-43-20-21-17-23(34(36,37)38)19-24(18-21)35(39,40)41)29(26-7-4-5-8-27(26)45-47-42)52-30(44-33)22-9-11-25(12-10-22)51-16-6-15-48/h4-5,7-12,17-19,29,43,48H,6,13-16,20H2,1-3H3,(H,46,50)/t29-,33-/m0/s1. The Morgan fingerprint density at radius 2 is 1.64 bits per heavy atom. The molecule has 0 aliphatic carbocycles. The number of azide groups is 1. The highest BCUT2D eigenvalue weighted by molar-refractivity contribution is 6.01. The van der Waals surface area contributed by atoms with Gasteiger partial charge in [0.05, 0.1) is 17.7 Å². The van der Waals surface area contributed by atoms with Crippen molar-refractivity contribution in [3.05, 3.63) is 105 Å². The molecule has 0 saturated heterocycles. The molecule has 284 valence electrons. The number of ether oxygens (including phenoxy) is 3. The monoisotopic (exact) mass is 750 g/mol. The lowest BCUT2D eigenvalue weighted by atomic mass is 9.83. The van der Waals surface area contributed by atoms with Crippen molar-refractivity contribution in [3.8, 4) is 5.75 Å². The number of esters is 1. The zero-order valence-corrected chi connectivity index (χ0v) is 28.7. The van der Waals surface area contributed by atoms with Crippen molar-refractivity contribution >= 4 is 23.5 Å². The second-order valence-corrected chi connectivity index (χ2v) is 12.8. The van der Waals surface area contributed by atoms with Crippen LogP contribution in [0.1, 0.15) is 74.0 Å². The van der Waals surface area contributed by atoms with Crippen molar-refractivity contribution in [2.75, 3.05) is 13.2 Å². The van der Waals surface area contributed by atoms with Gasteiger partial charge in [0.25, 0.3) is 5.91 Å². The zero-order valence-electron chi connectivity index (χ0n) is 28.7. The van der Waals surface area contributed by atoms with Gasteiger partial charge in [-0.25, -0.2) is 10.4 Å². The molecule has 0 saturated carbocycles. The first-order chi connectivity index (χ1) is 24.9. The van der Waals surface area contributed by atoms with E-state index in [9.17, 15) is 41.5 Å². The lowest BCUT2D eigenvalue weighted by Gasteiger charge is -2.31. The molecule has 0 aromatic heterocycles. The number of hydrogen-bond donors (Lipinski definition) is 3. The quantitative estimate of drug-likeness (QED) is 0.0290. The molecular formula is C35H36F6N6O6. The summed E-state index contributed by atoms with van der Waals surface area (Å²) in [5.41, 5.74) is 8.11. The van der Waals surface area contributed by atoms with Crippen LogP contribution < -0.4 is 15.6 Å². The van der Waals surface area contributed by atoms with Gasteiger partial charge in [0, 0.05) is 47.7 Å². The van der Waals surface area contributed by atoms with E-state index in [0.717, 1.165) is 0 Å². The number of alkyl halides is 6. The maximum atomic E-state index is 14.3. The summed E-state index contributed by atoms with van der Waals surface area (Å²) in [6.45, 7) is 4.40. The van der Waals surface area contributed by atoms with Crippen LogP contribution >= 0.6 is 0 Å². The van der Waals surface area contributed by atoms with Gasteiger partial charge in [0.15, 0.2) is 11.6 Å². The Bertz CT molecular complexity index is 1820. The van der Waals surface area contributed by atoms with Crippen molar-refractivity contribution in [2.45, 2.75) is 76.2 Å². The maximum absolute atomic E-state index is 14.3. The van der Waals surface area contributed by atoms with E-state index in [4.69, 9.17) is 19.3 Å². The maximum Gasteiger partial charge on any atom is 0.416 e. The van der Waals surface area contributed by atoms with Crippen LogP contribution in [0, 0.1) is 0 Å². The van der Waals surface area contributed by atoms with Gasteiger partial charge in [0.2, 0.25) is 5.90 Å². The third-order valence-corrected chi connectivity index (χ3v) is 7.67. The number of nitrogens with zero attached hydrogens (tertiary/aromatic N) is 4. The van der Waals surface area contributed by atoms with Gasteiger partial charge in [-0.15, -0.1) is 0 Å². The van der Waals surface area contributed by atoms with Crippen LogP contribution in [0.15, 0.2) is 76.8 Å². The molecule has 0 radical (unpaired) electrons. The van der Waals surface area contributed by atoms with Crippen LogP contribution in [0.3, 0.4) is 0 Å². The number of amides is 1. The highest BCUT2D eigenvalue weighted by atomic mass is 19.4. The summed E-state index contributed by atoms with van der Waals surface area (Å²) in [7, 11) is 0. The minimum absolute atomic E-state index is 0.0145. The predicted molar refractivity (Wildman–Crippen MR) is 178 cm³/mol. The summed E-state index contributed by atoms with van der Waals surface area (Å²) in [4.78, 5) is 34.8. The van der Waals surface area contributed by atoms with Gasteiger partial charge in [-0.05, 0) is 80.8 Å². The van der Waals surface area contributed by atoms with E-state index in [1.165, 1.54) is 12.1 Å². The van der Waals surface area contributed by atoms with E-state index >= 15 is 0 Å². The molecule has 1 amide bonds. The molecule has 1 aliphatic rings. The smallest absolute Gasteiger partial charge is 0.416 e. The van der Waals surface area contributed by atoms with Crippen LogP contribution in [-0.2, 0) is 38.0 Å². The van der Waals surface area contributed by atoms with Gasteiger partial charge in [-0.3, -0.25) is 15.0 Å². The number of aliphatic hydroxyl groups excluding tert-OH is 1. The van der Waals surface area contributed by atoms with E-state index in [1.54, 1.807) is 57.2 Å². The first-order valence-corrected chi connectivity index (χ1v) is 16.1. The van der Waals surface area contributed by atoms with Gasteiger partial charge < -0.3 is 19.3 Å². The number of nitrogens with one attached hydrogen (secondary N) is 2. The first-order valence-electron chi connectivity index (χ1n) is 16.1. The summed E-state index contributed by atoms with van der Waals surface area (Å²) >= 11 is 0. The number of benzene rings is 3. The Kier molecular flexibility index (Phi) is 12.6. The number of aliphatic imine (C=N–C) groups is 1. The summed E-state index contributed by atoms with van der Waals surface area (Å²) in [5.74, 6) is -1.33. The molecule has 53 heavy (non-hydrogen) atoms. The minimum atomic E-state index is -5.09. The number of hydrogen-bond acceptors (Lipinski definition) is 9. The fourth-order valence-electron chi connectivity index (χ4n) is 5.34. The van der Waals surface area contributed by atoms with Crippen LogP contribution in [0.2, 0.25) is 0 Å². The second kappa shape index (κ2) is 16.6. The molecule has 3 aromatic rings. The lowest BCUT2D eigenvalue weighted by molar-refractivity contribution is -0.155. The Labute approximate surface area is 299 Å². The van der Waals surface area contributed by atoms with Crippen molar-refractivity contribution in [1.29, 1.82) is 0 Å². The molecule has 3 aromatic carbocycles. The number of halogens is 6. The molecular weight excluding hydrogens is 714 g/mol. The highest BCUT2D eigenvalue weighted by Gasteiger charge is 2.54. The van der Waals surface area contributed by atoms with Gasteiger partial charge in [-0.1, -0.05) is 29.4 Å². The average molecular weight is 751 g/mol. The predicted octanol–water partition coefficient (Wildman–Crippen LogP) is 7.63. The molecule has 0 fully saturated rings. The molecule has 4 rings (SSSR count). The highest BCUT2D eigenvalue weighted by Crippen LogP contribution is 2.46. The third-order valence-electron chi connectivity index (χ3n) is 7.67. The molecule has 2 atom stereocenters. The van der Waals surface area contributed by atoms with Crippen molar-refractivity contribution < 1.29 is 55.2 Å². The van der Waals surface area contributed by atoms with Crippen LogP contribution in [-0.4, -0.2) is 47.2 Å². The number of carbonyl (C=O) groups excluding carboxylic acids is 2. The Hall–Kier alpha value is -5.32. The van der Waals surface area contributed by atoms with Gasteiger partial charge in [0.1, 0.15) is 11.4 Å². The summed E-state index contributed by atoms with van der Waals surface area (Å²) < 4.78 is 98.2. The number of aliphatic hydroxyl groups is 1. The second-order valence-electron chi connectivity index (χ2n) is 12.8. The summed E-state index contributed by atoms with van der Waals surface area (Å²) in [5, 5.41) is 12.8. The normalized spacial score (nSPS) is 17.3. The molecule has 3 N–H and O–H groups in total. The van der Waals surface area contributed by atoms with Crippen molar-refractivity contribution in [3.63, 3.8) is 0 Å². The van der Waals surface area contributed by atoms with Crippen molar-refractivity contribution in [1.82, 2.24) is 10.9 Å². The van der Waals surface area contributed by atoms with E-state index in [0.29, 0.717) is 29.9 Å². The molecule has 0 bridgehead atoms. The fraction of sp³-hybridized carbons (Fsp3) is 0.400. The lowest BCUT2D eigenvalue weighted by Crippen LogP contribution is -2.52. The van der Waals surface area contributed by atoms with E-state index in [2.05, 4.69) is 25.9 Å². The van der Waals surface area contributed by atoms with Gasteiger partial charge in [-0.2, -0.15) is 26.3 Å². The number of rotatable bonds is 14. The first kappa shape index (κ1) is 40.5. The van der Waals surface area contributed by atoms with E-state index in [1.807, 2.05) is 0 Å². The number of carbonyl (C=O) groups is 2. The van der Waals surface area contributed by atoms with Crippen LogP contribution in [0.25, 0.3) is 10.4 Å². The largest absolute Gasteiger partial charge is 0.494 e. The average Bonchev–Trinajstić information content (AvgIpc) is 3.47.